The van der Waals surface area contributed by atoms with Crippen LogP contribution in [0.15, 0.2) is 18.9 Å². The quantitative estimate of drug-likeness (QED) is 0.763. The van der Waals surface area contributed by atoms with Gasteiger partial charge >= 0.3 is 12.1 Å². The summed E-state index contributed by atoms with van der Waals surface area (Å²) < 4.78 is 4.63. The third-order valence-electron chi connectivity index (χ3n) is 1.25. The molecule has 0 radical (unpaired) electrons. The number of ether oxygens (including phenoxy) is 1. The number of aromatic carboxylic acids is 1. The molecule has 1 aromatic rings. The van der Waals surface area contributed by atoms with Crippen molar-refractivity contribution in [2.75, 3.05) is 11.9 Å². The van der Waals surface area contributed by atoms with Crippen molar-refractivity contribution in [2.45, 2.75) is 0 Å². The van der Waals surface area contributed by atoms with Gasteiger partial charge in [0.25, 0.3) is 0 Å². The van der Waals surface area contributed by atoms with Crippen LogP contribution in [0.25, 0.3) is 0 Å². The van der Waals surface area contributed by atoms with Crippen LogP contribution in [0.1, 0.15) is 9.80 Å². The second-order valence-corrected chi connectivity index (χ2v) is 3.38. The lowest BCUT2D eigenvalue weighted by atomic mass is 10.7. The van der Waals surface area contributed by atoms with Gasteiger partial charge < -0.3 is 9.84 Å². The zero-order valence-electron chi connectivity index (χ0n) is 7.60. The van der Waals surface area contributed by atoms with Gasteiger partial charge in [-0.2, -0.15) is 0 Å². The number of carbonyl (C=O) groups excluding carboxylic acids is 1. The van der Waals surface area contributed by atoms with Crippen molar-refractivity contribution in [3.63, 3.8) is 0 Å². The largest absolute Gasteiger partial charge is 0.476 e. The lowest BCUT2D eigenvalue weighted by Crippen LogP contribution is -2.12. The van der Waals surface area contributed by atoms with Gasteiger partial charge in [0.15, 0.2) is 0 Å². The van der Waals surface area contributed by atoms with Crippen LogP contribution in [0.2, 0.25) is 0 Å². The second-order valence-electron chi connectivity index (χ2n) is 2.35. The smallest absolute Gasteiger partial charge is 0.412 e. The summed E-state index contributed by atoms with van der Waals surface area (Å²) in [5, 5.41) is 11.1. The number of aromatic nitrogens is 1. The maximum Gasteiger partial charge on any atom is 0.412 e. The number of nitrogens with zero attached hydrogens (tertiary/aromatic N) is 1. The first-order chi connectivity index (χ1) is 7.13. The maximum absolute atomic E-state index is 11.0. The van der Waals surface area contributed by atoms with Gasteiger partial charge in [-0.15, -0.1) is 0 Å². The number of nitrogens with one attached hydrogen (secondary N) is 1. The molecule has 0 aromatic carbocycles. The number of thiazole rings is 1. The number of amides is 1. The molecule has 0 aliphatic carbocycles. The van der Waals surface area contributed by atoms with Gasteiger partial charge in [-0.3, -0.25) is 5.32 Å². The van der Waals surface area contributed by atoms with Gasteiger partial charge in [-0.1, -0.05) is 24.0 Å². The highest BCUT2D eigenvalue weighted by Gasteiger charge is 2.10. The van der Waals surface area contributed by atoms with Gasteiger partial charge in [-0.05, 0) is 0 Å². The predicted octanol–water partition coefficient (Wildman–Crippen LogP) is 1.58. The van der Waals surface area contributed by atoms with Crippen LogP contribution in [-0.2, 0) is 4.74 Å². The summed E-state index contributed by atoms with van der Waals surface area (Å²) in [7, 11) is 0. The molecule has 6 nitrogen and oxygen atoms in total. The Balaban J connectivity index is 2.53. The molecular weight excluding hydrogens is 220 g/mol. The Labute approximate surface area is 89.2 Å². The maximum atomic E-state index is 11.0. The highest BCUT2D eigenvalue weighted by molar-refractivity contribution is 7.17. The van der Waals surface area contributed by atoms with Crippen LogP contribution < -0.4 is 5.32 Å². The van der Waals surface area contributed by atoms with Gasteiger partial charge in [-0.25, -0.2) is 14.6 Å². The minimum absolute atomic E-state index is 0.0889. The summed E-state index contributed by atoms with van der Waals surface area (Å²) >= 11 is 0.854. The molecule has 7 heteroatoms. The summed E-state index contributed by atoms with van der Waals surface area (Å²) in [5.41, 5.74) is 0. The average Bonchev–Trinajstić information content (AvgIpc) is 2.63. The number of hydrogen-bond acceptors (Lipinski definition) is 5. The van der Waals surface area contributed by atoms with Crippen LogP contribution in [0, 0.1) is 0 Å². The van der Waals surface area contributed by atoms with Crippen molar-refractivity contribution in [3.05, 3.63) is 23.9 Å². The third kappa shape index (κ3) is 3.39. The van der Waals surface area contributed by atoms with Gasteiger partial charge in [0, 0.05) is 0 Å². The minimum atomic E-state index is -1.13. The topological polar surface area (TPSA) is 88.5 Å². The summed E-state index contributed by atoms with van der Waals surface area (Å²) in [6, 6.07) is 0. The van der Waals surface area contributed by atoms with Crippen LogP contribution >= 0.6 is 11.3 Å². The van der Waals surface area contributed by atoms with E-state index in [0.29, 0.717) is 5.00 Å². The van der Waals surface area contributed by atoms with E-state index < -0.39 is 12.1 Å². The monoisotopic (exact) mass is 228 g/mol. The Morgan fingerprint density at radius 3 is 3.00 bits per heavy atom. The number of rotatable bonds is 4. The van der Waals surface area contributed by atoms with E-state index >= 15 is 0 Å². The van der Waals surface area contributed by atoms with Crippen molar-refractivity contribution < 1.29 is 19.4 Å². The molecule has 1 aromatic heterocycles. The second kappa shape index (κ2) is 5.11. The Kier molecular flexibility index (Phi) is 3.81. The van der Waals surface area contributed by atoms with Crippen molar-refractivity contribution >= 4 is 28.4 Å². The van der Waals surface area contributed by atoms with E-state index in [1.165, 1.54) is 12.3 Å². The molecule has 0 saturated heterocycles. The summed E-state index contributed by atoms with van der Waals surface area (Å²) in [6.45, 7) is 3.47. The molecule has 1 heterocycles. The predicted molar refractivity (Wildman–Crippen MR) is 54.2 cm³/mol. The third-order valence-corrected chi connectivity index (χ3v) is 2.15. The Hall–Kier alpha value is -1.89. The molecule has 2 N–H and O–H groups in total. The molecule has 0 saturated carbocycles. The average molecular weight is 228 g/mol. The number of hydrogen-bond donors (Lipinski definition) is 2. The van der Waals surface area contributed by atoms with Crippen LogP contribution in [0.4, 0.5) is 9.80 Å². The highest BCUT2D eigenvalue weighted by Crippen LogP contribution is 2.18. The molecule has 1 rings (SSSR count). The summed E-state index contributed by atoms with van der Waals surface area (Å²) in [5.74, 6) is -1.13. The molecule has 0 aliphatic rings. The zero-order valence-corrected chi connectivity index (χ0v) is 8.41. The van der Waals surface area contributed by atoms with E-state index in [-0.39, 0.29) is 11.6 Å². The fourth-order valence-electron chi connectivity index (χ4n) is 0.702. The summed E-state index contributed by atoms with van der Waals surface area (Å²) in [6.07, 6.45) is 2.01. The molecule has 0 spiro atoms. The van der Waals surface area contributed by atoms with Crippen molar-refractivity contribution in [1.82, 2.24) is 4.98 Å². The van der Waals surface area contributed by atoms with E-state index in [1.54, 1.807) is 0 Å². The first-order valence-electron chi connectivity index (χ1n) is 3.87. The highest BCUT2D eigenvalue weighted by atomic mass is 32.1. The fraction of sp³-hybridized carbons (Fsp3) is 0.125. The van der Waals surface area contributed by atoms with E-state index in [1.807, 2.05) is 0 Å². The minimum Gasteiger partial charge on any atom is -0.476 e. The molecule has 0 fully saturated rings. The number of anilines is 1. The Morgan fingerprint density at radius 2 is 2.47 bits per heavy atom. The van der Waals surface area contributed by atoms with Crippen molar-refractivity contribution in [1.29, 1.82) is 0 Å². The first kappa shape index (κ1) is 11.2. The number of carbonyl (C=O) groups is 2. The molecule has 0 atom stereocenters. The van der Waals surface area contributed by atoms with Gasteiger partial charge in [0.1, 0.15) is 11.6 Å². The first-order valence-corrected chi connectivity index (χ1v) is 4.69. The molecule has 1 amide bonds. The van der Waals surface area contributed by atoms with E-state index in [4.69, 9.17) is 5.11 Å². The van der Waals surface area contributed by atoms with Crippen molar-refractivity contribution in [2.24, 2.45) is 0 Å². The lowest BCUT2D eigenvalue weighted by molar-refractivity contribution is 0.0696. The van der Waals surface area contributed by atoms with E-state index in [2.05, 4.69) is 21.6 Å². The molecule has 0 unspecified atom stereocenters. The van der Waals surface area contributed by atoms with Crippen LogP contribution in [0.3, 0.4) is 0 Å². The zero-order chi connectivity index (χ0) is 11.3. The van der Waals surface area contributed by atoms with Gasteiger partial charge in [0.05, 0.1) is 6.20 Å². The number of carboxylic acid groups (broad SMARTS) is 1. The molecule has 0 aliphatic heterocycles. The van der Waals surface area contributed by atoms with Crippen LogP contribution in [-0.4, -0.2) is 28.8 Å². The molecule has 0 bridgehead atoms. The lowest BCUT2D eigenvalue weighted by Gasteiger charge is -2.00. The number of carboxylic acids is 1. The summed E-state index contributed by atoms with van der Waals surface area (Å²) in [4.78, 5) is 25.0. The van der Waals surface area contributed by atoms with Gasteiger partial charge in [0.2, 0.25) is 5.01 Å². The Bertz CT molecular complexity index is 388. The molecule has 15 heavy (non-hydrogen) atoms. The Morgan fingerprint density at radius 1 is 1.73 bits per heavy atom. The van der Waals surface area contributed by atoms with Crippen LogP contribution in [0.5, 0.6) is 0 Å². The molecule has 80 valence electrons. The standard InChI is InChI=1S/C8H8N2O4S/c1-2-3-14-8(13)10-5-4-9-6(15-5)7(11)12/h2,4H,1,3H2,(H,10,13)(H,11,12). The van der Waals surface area contributed by atoms with Crippen molar-refractivity contribution in [3.8, 4) is 0 Å². The van der Waals surface area contributed by atoms with E-state index in [0.717, 1.165) is 11.3 Å². The van der Waals surface area contributed by atoms with E-state index in [9.17, 15) is 9.59 Å². The SMILES string of the molecule is C=CCOC(=O)Nc1cnc(C(=O)O)s1. The molecular formula is C8H8N2O4S. The fourth-order valence-corrected chi connectivity index (χ4v) is 1.34. The normalized spacial score (nSPS) is 9.33.